The molecule has 0 aliphatic carbocycles. The first-order valence-electron chi connectivity index (χ1n) is 4.63. The fraction of sp³-hybridized carbons (Fsp3) is 1.00. The Morgan fingerprint density at radius 2 is 1.82 bits per heavy atom. The molecule has 0 aromatic heterocycles. The van der Waals surface area contributed by atoms with Gasteiger partial charge in [0.15, 0.2) is 8.32 Å². The first-order chi connectivity index (χ1) is 4.95. The van der Waals surface area contributed by atoms with Crippen molar-refractivity contribution in [3.63, 3.8) is 0 Å². The van der Waals surface area contributed by atoms with E-state index in [1.54, 1.807) is 0 Å². The normalized spacial score (nSPS) is 15.0. The van der Waals surface area contributed by atoms with Gasteiger partial charge in [-0.05, 0) is 33.0 Å². The molecule has 0 N–H and O–H groups in total. The molecule has 1 atom stereocenters. The van der Waals surface area contributed by atoms with Crippen LogP contribution in [0, 0.1) is 0 Å². The maximum Gasteiger partial charge on any atom is 0.184 e. The lowest BCUT2D eigenvalue weighted by molar-refractivity contribution is 0.200. The summed E-state index contributed by atoms with van der Waals surface area (Å²) in [6, 6.07) is 0. The minimum absolute atomic E-state index is 0.474. The molecule has 0 heterocycles. The number of hydrogen-bond donors (Lipinski definition) is 0. The molecule has 0 aromatic rings. The molecule has 0 aromatic carbocycles. The van der Waals surface area contributed by atoms with Crippen LogP contribution in [0.3, 0.4) is 0 Å². The summed E-state index contributed by atoms with van der Waals surface area (Å²) >= 11 is 0. The minimum Gasteiger partial charge on any atom is -0.415 e. The number of hydrogen-bond acceptors (Lipinski definition) is 1. The van der Waals surface area contributed by atoms with Gasteiger partial charge in [0.2, 0.25) is 0 Å². The van der Waals surface area contributed by atoms with Gasteiger partial charge in [-0.3, -0.25) is 0 Å². The first kappa shape index (κ1) is 11.2. The second-order valence-corrected chi connectivity index (χ2v) is 8.64. The van der Waals surface area contributed by atoms with Crippen molar-refractivity contribution in [1.82, 2.24) is 0 Å². The molecule has 0 fully saturated rings. The molecule has 0 rings (SSSR count). The smallest absolute Gasteiger partial charge is 0.184 e. The molecule has 2 heteroatoms. The van der Waals surface area contributed by atoms with E-state index in [0.29, 0.717) is 6.10 Å². The quantitative estimate of drug-likeness (QED) is 0.580. The molecule has 0 unspecified atom stereocenters. The van der Waals surface area contributed by atoms with E-state index in [-0.39, 0.29) is 0 Å². The summed E-state index contributed by atoms with van der Waals surface area (Å²) in [5.41, 5.74) is 0. The van der Waals surface area contributed by atoms with Gasteiger partial charge in [0.25, 0.3) is 0 Å². The lowest BCUT2D eigenvalue weighted by Gasteiger charge is -2.23. The summed E-state index contributed by atoms with van der Waals surface area (Å²) in [4.78, 5) is 0. The maximum absolute atomic E-state index is 5.88. The van der Waals surface area contributed by atoms with Crippen LogP contribution in [0.1, 0.15) is 33.1 Å². The summed E-state index contributed by atoms with van der Waals surface area (Å²) in [7, 11) is -1.27. The molecule has 0 aliphatic heterocycles. The van der Waals surface area contributed by atoms with Crippen molar-refractivity contribution in [3.8, 4) is 0 Å². The Morgan fingerprint density at radius 1 is 1.27 bits per heavy atom. The Balaban J connectivity index is 3.44. The largest absolute Gasteiger partial charge is 0.415 e. The van der Waals surface area contributed by atoms with E-state index in [0.717, 1.165) is 0 Å². The van der Waals surface area contributed by atoms with E-state index in [2.05, 4.69) is 33.5 Å². The SMILES string of the molecule is CCCC[C@H](C)O[Si](C)(C)C. The summed E-state index contributed by atoms with van der Waals surface area (Å²) in [6.07, 6.45) is 4.27. The first-order valence-corrected chi connectivity index (χ1v) is 8.04. The highest BCUT2D eigenvalue weighted by Crippen LogP contribution is 2.11. The average molecular weight is 174 g/mol. The summed E-state index contributed by atoms with van der Waals surface area (Å²) in [5.74, 6) is 0. The van der Waals surface area contributed by atoms with Crippen molar-refractivity contribution >= 4 is 8.32 Å². The van der Waals surface area contributed by atoms with Crippen LogP contribution >= 0.6 is 0 Å². The van der Waals surface area contributed by atoms with Crippen molar-refractivity contribution in [2.45, 2.75) is 58.9 Å². The molecular formula is C9H22OSi. The lowest BCUT2D eigenvalue weighted by atomic mass is 10.2. The van der Waals surface area contributed by atoms with E-state index in [4.69, 9.17) is 4.43 Å². The lowest BCUT2D eigenvalue weighted by Crippen LogP contribution is -2.30. The molecule has 0 spiro atoms. The predicted molar refractivity (Wildman–Crippen MR) is 53.4 cm³/mol. The highest BCUT2D eigenvalue weighted by atomic mass is 28.4. The third kappa shape index (κ3) is 8.08. The summed E-state index contributed by atoms with van der Waals surface area (Å²) < 4.78 is 5.88. The van der Waals surface area contributed by atoms with E-state index >= 15 is 0 Å². The van der Waals surface area contributed by atoms with Crippen molar-refractivity contribution in [3.05, 3.63) is 0 Å². The van der Waals surface area contributed by atoms with Crippen LogP contribution in [-0.4, -0.2) is 14.4 Å². The Hall–Kier alpha value is 0.177. The zero-order chi connectivity index (χ0) is 8.91. The minimum atomic E-state index is -1.27. The van der Waals surface area contributed by atoms with Crippen molar-refractivity contribution < 1.29 is 4.43 Å². The maximum atomic E-state index is 5.88. The fourth-order valence-electron chi connectivity index (χ4n) is 1.15. The molecule has 11 heavy (non-hydrogen) atoms. The van der Waals surface area contributed by atoms with Gasteiger partial charge in [0.1, 0.15) is 0 Å². The molecule has 0 saturated heterocycles. The zero-order valence-corrected chi connectivity index (χ0v) is 9.61. The molecule has 0 radical (unpaired) electrons. The van der Waals surface area contributed by atoms with Gasteiger partial charge in [-0.1, -0.05) is 19.8 Å². The third-order valence-electron chi connectivity index (χ3n) is 1.52. The van der Waals surface area contributed by atoms with Gasteiger partial charge < -0.3 is 4.43 Å². The van der Waals surface area contributed by atoms with Gasteiger partial charge in [-0.15, -0.1) is 0 Å². The van der Waals surface area contributed by atoms with Crippen molar-refractivity contribution in [2.24, 2.45) is 0 Å². The molecule has 0 saturated carbocycles. The van der Waals surface area contributed by atoms with Crippen LogP contribution in [0.2, 0.25) is 19.6 Å². The third-order valence-corrected chi connectivity index (χ3v) is 2.63. The zero-order valence-electron chi connectivity index (χ0n) is 8.61. The van der Waals surface area contributed by atoms with Gasteiger partial charge in [-0.25, -0.2) is 0 Å². The van der Waals surface area contributed by atoms with Crippen LogP contribution in [0.15, 0.2) is 0 Å². The second kappa shape index (κ2) is 4.94. The standard InChI is InChI=1S/C9H22OSi/c1-6-7-8-9(2)10-11(3,4)5/h9H,6-8H2,1-5H3/t9-/m0/s1. The summed E-state index contributed by atoms with van der Waals surface area (Å²) in [6.45, 7) is 11.1. The molecular weight excluding hydrogens is 152 g/mol. The number of rotatable bonds is 5. The van der Waals surface area contributed by atoms with Crippen molar-refractivity contribution in [1.29, 1.82) is 0 Å². The Bertz CT molecular complexity index is 96.2. The van der Waals surface area contributed by atoms with Crippen molar-refractivity contribution in [2.75, 3.05) is 0 Å². The average Bonchev–Trinajstić information content (AvgIpc) is 1.79. The highest BCUT2D eigenvalue weighted by molar-refractivity contribution is 6.69. The molecule has 0 amide bonds. The van der Waals surface area contributed by atoms with Gasteiger partial charge >= 0.3 is 0 Å². The topological polar surface area (TPSA) is 9.23 Å². The molecule has 68 valence electrons. The van der Waals surface area contributed by atoms with Crippen LogP contribution in [0.25, 0.3) is 0 Å². The number of unbranched alkanes of at least 4 members (excludes halogenated alkanes) is 1. The fourth-order valence-corrected chi connectivity index (χ4v) is 2.48. The van der Waals surface area contributed by atoms with Crippen LogP contribution < -0.4 is 0 Å². The monoisotopic (exact) mass is 174 g/mol. The van der Waals surface area contributed by atoms with E-state index in [1.165, 1.54) is 19.3 Å². The van der Waals surface area contributed by atoms with Crippen LogP contribution in [-0.2, 0) is 4.43 Å². The van der Waals surface area contributed by atoms with E-state index in [9.17, 15) is 0 Å². The highest BCUT2D eigenvalue weighted by Gasteiger charge is 2.17. The van der Waals surface area contributed by atoms with E-state index < -0.39 is 8.32 Å². The van der Waals surface area contributed by atoms with Crippen LogP contribution in [0.5, 0.6) is 0 Å². The molecule has 0 bridgehead atoms. The Morgan fingerprint density at radius 3 is 2.18 bits per heavy atom. The van der Waals surface area contributed by atoms with Gasteiger partial charge in [0, 0.05) is 6.10 Å². The molecule has 0 aliphatic rings. The van der Waals surface area contributed by atoms with Gasteiger partial charge in [0.05, 0.1) is 0 Å². The van der Waals surface area contributed by atoms with Gasteiger partial charge in [-0.2, -0.15) is 0 Å². The van der Waals surface area contributed by atoms with Crippen LogP contribution in [0.4, 0.5) is 0 Å². The predicted octanol–water partition coefficient (Wildman–Crippen LogP) is 3.42. The second-order valence-electron chi connectivity index (χ2n) is 4.18. The van der Waals surface area contributed by atoms with E-state index in [1.807, 2.05) is 0 Å². The Kier molecular flexibility index (Phi) is 5.02. The Labute approximate surface area is 72.3 Å². The molecule has 1 nitrogen and oxygen atoms in total. The summed E-state index contributed by atoms with van der Waals surface area (Å²) in [5, 5.41) is 0.